The number of ether oxygens (including phenoxy) is 1. The Kier molecular flexibility index (Phi) is 5.11. The highest BCUT2D eigenvalue weighted by molar-refractivity contribution is 5.49. The van der Waals surface area contributed by atoms with Gasteiger partial charge in [0.15, 0.2) is 0 Å². The van der Waals surface area contributed by atoms with Crippen molar-refractivity contribution >= 4 is 6.08 Å². The molecule has 0 amide bonds. The number of benzene rings is 1. The van der Waals surface area contributed by atoms with Crippen LogP contribution in [0.1, 0.15) is 35.0 Å². The molecule has 2 aromatic rings. The van der Waals surface area contributed by atoms with Crippen molar-refractivity contribution in [3.05, 3.63) is 58.7 Å². The van der Waals surface area contributed by atoms with Crippen molar-refractivity contribution in [3.8, 4) is 0 Å². The van der Waals surface area contributed by atoms with Gasteiger partial charge in [0.2, 0.25) is 0 Å². The summed E-state index contributed by atoms with van der Waals surface area (Å²) in [4.78, 5) is 0. The van der Waals surface area contributed by atoms with E-state index in [0.717, 1.165) is 36.5 Å². The first-order chi connectivity index (χ1) is 11.6. The normalized spacial score (nSPS) is 21.0. The number of nitrogens with one attached hydrogen (secondary N) is 1. The highest BCUT2D eigenvalue weighted by atomic mass is 19.1. The van der Waals surface area contributed by atoms with Gasteiger partial charge in [-0.15, -0.1) is 0 Å². The summed E-state index contributed by atoms with van der Waals surface area (Å²) >= 11 is 0. The van der Waals surface area contributed by atoms with Gasteiger partial charge in [-0.2, -0.15) is 5.10 Å². The Morgan fingerprint density at radius 1 is 1.33 bits per heavy atom. The third-order valence-corrected chi connectivity index (χ3v) is 4.62. The molecule has 1 saturated heterocycles. The predicted octanol–water partition coefficient (Wildman–Crippen LogP) is 3.31. The lowest BCUT2D eigenvalue weighted by molar-refractivity contribution is 0.0984. The van der Waals surface area contributed by atoms with Crippen LogP contribution in [-0.4, -0.2) is 29.0 Å². The molecule has 5 heteroatoms. The molecule has 0 bridgehead atoms. The predicted molar refractivity (Wildman–Crippen MR) is 93.2 cm³/mol. The van der Waals surface area contributed by atoms with Crippen LogP contribution in [0, 0.1) is 19.7 Å². The lowest BCUT2D eigenvalue weighted by atomic mass is 10.0. The number of halogens is 1. The summed E-state index contributed by atoms with van der Waals surface area (Å²) in [5.41, 5.74) is 4.40. The molecule has 1 aromatic heterocycles. The molecule has 1 N–H and O–H groups in total. The van der Waals surface area contributed by atoms with Crippen LogP contribution >= 0.6 is 0 Å². The number of nitrogens with zero attached hydrogens (tertiary/aromatic N) is 2. The zero-order chi connectivity index (χ0) is 17.1. The van der Waals surface area contributed by atoms with Crippen LogP contribution in [0.4, 0.5) is 4.39 Å². The molecule has 0 unspecified atom stereocenters. The van der Waals surface area contributed by atoms with Gasteiger partial charge in [-0.05, 0) is 38.0 Å². The summed E-state index contributed by atoms with van der Waals surface area (Å²) in [6.07, 6.45) is 5.10. The van der Waals surface area contributed by atoms with Crippen molar-refractivity contribution < 1.29 is 9.13 Å². The van der Waals surface area contributed by atoms with Gasteiger partial charge in [0, 0.05) is 37.5 Å². The summed E-state index contributed by atoms with van der Waals surface area (Å²) < 4.78 is 20.8. The minimum Gasteiger partial charge on any atom is -0.372 e. The van der Waals surface area contributed by atoms with E-state index in [2.05, 4.69) is 23.4 Å². The van der Waals surface area contributed by atoms with Crippen LogP contribution in [0.3, 0.4) is 0 Å². The van der Waals surface area contributed by atoms with Crippen molar-refractivity contribution in [1.29, 1.82) is 0 Å². The molecule has 1 aliphatic rings. The average Bonchev–Trinajstić information content (AvgIpc) is 3.10. The van der Waals surface area contributed by atoms with Gasteiger partial charge in [0.1, 0.15) is 11.9 Å². The van der Waals surface area contributed by atoms with E-state index in [4.69, 9.17) is 4.74 Å². The minimum absolute atomic E-state index is 0.0536. The van der Waals surface area contributed by atoms with E-state index in [9.17, 15) is 4.39 Å². The highest BCUT2D eigenvalue weighted by Gasteiger charge is 2.32. The molecule has 24 heavy (non-hydrogen) atoms. The Labute approximate surface area is 142 Å². The zero-order valence-corrected chi connectivity index (χ0v) is 14.4. The van der Waals surface area contributed by atoms with Crippen molar-refractivity contribution in [2.75, 3.05) is 13.2 Å². The molecule has 1 fully saturated rings. The Bertz CT molecular complexity index is 721. The molecule has 0 radical (unpaired) electrons. The molecule has 1 aromatic carbocycles. The number of aromatic nitrogens is 2. The van der Waals surface area contributed by atoms with Crippen molar-refractivity contribution in [2.24, 2.45) is 7.05 Å². The fraction of sp³-hybridized carbons (Fsp3) is 0.421. The zero-order valence-electron chi connectivity index (χ0n) is 14.4. The highest BCUT2D eigenvalue weighted by Crippen LogP contribution is 2.33. The van der Waals surface area contributed by atoms with E-state index in [1.807, 2.05) is 24.7 Å². The van der Waals surface area contributed by atoms with Crippen LogP contribution in [0.15, 0.2) is 30.3 Å². The standard InChI is InChI=1S/C19H24FN3O/c1-13-18(14(2)23(3)22-13)19-17(10-12-24-19)21-11-4-5-15-6-8-16(20)9-7-15/h4-9,17,19,21H,10-12H2,1-3H3/t17-,19-/m0/s1. The summed E-state index contributed by atoms with van der Waals surface area (Å²) in [7, 11) is 1.97. The van der Waals surface area contributed by atoms with Crippen LogP contribution in [0.2, 0.25) is 0 Å². The number of aryl methyl sites for hydroxylation is 2. The van der Waals surface area contributed by atoms with Gasteiger partial charge in [-0.1, -0.05) is 24.3 Å². The van der Waals surface area contributed by atoms with E-state index in [1.54, 1.807) is 12.1 Å². The van der Waals surface area contributed by atoms with Gasteiger partial charge in [-0.3, -0.25) is 4.68 Å². The molecule has 1 aliphatic heterocycles. The Morgan fingerprint density at radius 2 is 2.08 bits per heavy atom. The first kappa shape index (κ1) is 16.9. The second-order valence-corrected chi connectivity index (χ2v) is 6.26. The average molecular weight is 329 g/mol. The minimum atomic E-state index is -0.210. The fourth-order valence-electron chi connectivity index (χ4n) is 3.27. The maximum Gasteiger partial charge on any atom is 0.123 e. The van der Waals surface area contributed by atoms with Crippen LogP contribution in [0.5, 0.6) is 0 Å². The third kappa shape index (κ3) is 3.57. The summed E-state index contributed by atoms with van der Waals surface area (Å²) in [6, 6.07) is 6.78. The van der Waals surface area contributed by atoms with Gasteiger partial charge in [0.25, 0.3) is 0 Å². The molecule has 2 heterocycles. The van der Waals surface area contributed by atoms with E-state index >= 15 is 0 Å². The molecule has 4 nitrogen and oxygen atoms in total. The van der Waals surface area contributed by atoms with E-state index in [-0.39, 0.29) is 18.0 Å². The third-order valence-electron chi connectivity index (χ3n) is 4.62. The largest absolute Gasteiger partial charge is 0.372 e. The van der Waals surface area contributed by atoms with Gasteiger partial charge >= 0.3 is 0 Å². The van der Waals surface area contributed by atoms with Gasteiger partial charge in [-0.25, -0.2) is 4.39 Å². The topological polar surface area (TPSA) is 39.1 Å². The Balaban J connectivity index is 1.61. The Morgan fingerprint density at radius 3 is 2.75 bits per heavy atom. The molecular weight excluding hydrogens is 305 g/mol. The maximum absolute atomic E-state index is 12.9. The lowest BCUT2D eigenvalue weighted by Crippen LogP contribution is -2.32. The van der Waals surface area contributed by atoms with Crippen LogP contribution < -0.4 is 5.32 Å². The van der Waals surface area contributed by atoms with Gasteiger partial charge < -0.3 is 10.1 Å². The van der Waals surface area contributed by atoms with E-state index in [1.165, 1.54) is 17.7 Å². The summed E-state index contributed by atoms with van der Waals surface area (Å²) in [5, 5.41) is 8.05. The SMILES string of the molecule is Cc1nn(C)c(C)c1[C@H]1OCC[C@@H]1NCC=Cc1ccc(F)cc1. The summed E-state index contributed by atoms with van der Waals surface area (Å²) in [5.74, 6) is -0.210. The monoisotopic (exact) mass is 329 g/mol. The first-order valence-corrected chi connectivity index (χ1v) is 8.33. The number of hydrogen-bond donors (Lipinski definition) is 1. The van der Waals surface area contributed by atoms with Crippen molar-refractivity contribution in [1.82, 2.24) is 15.1 Å². The van der Waals surface area contributed by atoms with E-state index < -0.39 is 0 Å². The molecular formula is C19H24FN3O. The van der Waals surface area contributed by atoms with Crippen molar-refractivity contribution in [3.63, 3.8) is 0 Å². The molecule has 2 atom stereocenters. The fourth-order valence-corrected chi connectivity index (χ4v) is 3.27. The molecule has 0 spiro atoms. The second-order valence-electron chi connectivity index (χ2n) is 6.26. The van der Waals surface area contributed by atoms with Crippen molar-refractivity contribution in [2.45, 2.75) is 32.4 Å². The van der Waals surface area contributed by atoms with E-state index in [0.29, 0.717) is 0 Å². The molecule has 0 saturated carbocycles. The Hall–Kier alpha value is -1.98. The van der Waals surface area contributed by atoms with Gasteiger partial charge in [0.05, 0.1) is 5.69 Å². The number of hydrogen-bond acceptors (Lipinski definition) is 3. The molecule has 3 rings (SSSR count). The smallest absolute Gasteiger partial charge is 0.123 e. The quantitative estimate of drug-likeness (QED) is 0.915. The lowest BCUT2D eigenvalue weighted by Gasteiger charge is -2.20. The maximum atomic E-state index is 12.9. The molecule has 0 aliphatic carbocycles. The summed E-state index contributed by atoms with van der Waals surface area (Å²) in [6.45, 7) is 5.63. The van der Waals surface area contributed by atoms with Crippen LogP contribution in [0.25, 0.3) is 6.08 Å². The first-order valence-electron chi connectivity index (χ1n) is 8.33. The van der Waals surface area contributed by atoms with Crippen LogP contribution in [-0.2, 0) is 11.8 Å². The molecule has 128 valence electrons. The second kappa shape index (κ2) is 7.28. The number of rotatable bonds is 5.